The summed E-state index contributed by atoms with van der Waals surface area (Å²) >= 11 is 0. The van der Waals surface area contributed by atoms with Gasteiger partial charge in [-0.05, 0) is 25.5 Å². The second kappa shape index (κ2) is 10.3. The summed E-state index contributed by atoms with van der Waals surface area (Å²) in [6.07, 6.45) is 0.716. The van der Waals surface area contributed by atoms with Gasteiger partial charge in [0.15, 0.2) is 0 Å². The fourth-order valence-electron chi connectivity index (χ4n) is 3.96. The maximum atomic E-state index is 12.0. The molecular weight excluding hydrogens is 372 g/mol. The van der Waals surface area contributed by atoms with Gasteiger partial charge in [-0.15, -0.1) is 0 Å². The lowest BCUT2D eigenvalue weighted by Gasteiger charge is -2.38. The number of nitrogens with zero attached hydrogens (tertiary/aromatic N) is 3. The number of rotatable bonds is 8. The maximum absolute atomic E-state index is 12.0. The van der Waals surface area contributed by atoms with Crippen molar-refractivity contribution >= 4 is 17.7 Å². The van der Waals surface area contributed by atoms with Crippen molar-refractivity contribution in [1.29, 1.82) is 0 Å². The van der Waals surface area contributed by atoms with E-state index in [1.807, 2.05) is 30.0 Å². The second-order valence-electron chi connectivity index (χ2n) is 7.46. The molecule has 8 nitrogen and oxygen atoms in total. The van der Waals surface area contributed by atoms with E-state index in [-0.39, 0.29) is 12.0 Å². The van der Waals surface area contributed by atoms with Gasteiger partial charge in [0, 0.05) is 52.2 Å². The first-order valence-corrected chi connectivity index (χ1v) is 10.4. The standard InChI is InChI=1S/C21H32N4O4/c1-3-22-21(27)29-17(16-25-10-6-9-20(25)26)15-23-11-13-24(14-12-23)18-7-4-5-8-19(18)28-2/h4-5,7-8,17H,3,6,9-16H2,1-2H3,(H,22,27). The average Bonchev–Trinajstić information content (AvgIpc) is 3.13. The molecule has 2 aliphatic rings. The fourth-order valence-corrected chi connectivity index (χ4v) is 3.96. The van der Waals surface area contributed by atoms with Gasteiger partial charge in [0.05, 0.1) is 19.3 Å². The van der Waals surface area contributed by atoms with Crippen LogP contribution >= 0.6 is 0 Å². The summed E-state index contributed by atoms with van der Waals surface area (Å²) in [5.41, 5.74) is 1.10. The van der Waals surface area contributed by atoms with Gasteiger partial charge < -0.3 is 24.6 Å². The summed E-state index contributed by atoms with van der Waals surface area (Å²) < 4.78 is 11.1. The van der Waals surface area contributed by atoms with Gasteiger partial charge in [-0.25, -0.2) is 4.79 Å². The quantitative estimate of drug-likeness (QED) is 0.709. The molecule has 0 spiro atoms. The van der Waals surface area contributed by atoms with Crippen molar-refractivity contribution in [3.8, 4) is 5.75 Å². The third kappa shape index (κ3) is 5.76. The number of piperazine rings is 1. The number of anilines is 1. The number of carbonyl (C=O) groups is 2. The van der Waals surface area contributed by atoms with Crippen molar-refractivity contribution in [3.63, 3.8) is 0 Å². The van der Waals surface area contributed by atoms with Crippen molar-refractivity contribution in [1.82, 2.24) is 15.1 Å². The fraction of sp³-hybridized carbons (Fsp3) is 0.619. The van der Waals surface area contributed by atoms with E-state index in [9.17, 15) is 9.59 Å². The zero-order chi connectivity index (χ0) is 20.6. The Labute approximate surface area is 172 Å². The molecule has 1 aromatic carbocycles. The Morgan fingerprint density at radius 3 is 2.55 bits per heavy atom. The Morgan fingerprint density at radius 1 is 1.14 bits per heavy atom. The third-order valence-electron chi connectivity index (χ3n) is 5.45. The zero-order valence-corrected chi connectivity index (χ0v) is 17.4. The molecule has 1 atom stereocenters. The second-order valence-corrected chi connectivity index (χ2v) is 7.46. The Bertz CT molecular complexity index is 691. The molecule has 0 aliphatic carbocycles. The highest BCUT2D eigenvalue weighted by Crippen LogP contribution is 2.28. The molecule has 2 heterocycles. The van der Waals surface area contributed by atoms with Crippen molar-refractivity contribution in [3.05, 3.63) is 24.3 Å². The minimum absolute atomic E-state index is 0.149. The van der Waals surface area contributed by atoms with Crippen molar-refractivity contribution in [2.24, 2.45) is 0 Å². The molecule has 160 valence electrons. The first kappa shape index (κ1) is 21.2. The predicted molar refractivity (Wildman–Crippen MR) is 111 cm³/mol. The van der Waals surface area contributed by atoms with Crippen molar-refractivity contribution in [2.45, 2.75) is 25.9 Å². The number of ether oxygens (including phenoxy) is 2. The molecule has 2 aliphatic heterocycles. The lowest BCUT2D eigenvalue weighted by Crippen LogP contribution is -2.51. The lowest BCUT2D eigenvalue weighted by atomic mass is 10.2. The van der Waals surface area contributed by atoms with Crippen LogP contribution in [0.25, 0.3) is 0 Å². The molecule has 3 rings (SSSR count). The monoisotopic (exact) mass is 404 g/mol. The van der Waals surface area contributed by atoms with Crippen LogP contribution in [0.15, 0.2) is 24.3 Å². The zero-order valence-electron chi connectivity index (χ0n) is 17.4. The average molecular weight is 405 g/mol. The van der Waals surface area contributed by atoms with E-state index >= 15 is 0 Å². The number of likely N-dealkylation sites (tertiary alicyclic amines) is 1. The lowest BCUT2D eigenvalue weighted by molar-refractivity contribution is -0.129. The summed E-state index contributed by atoms with van der Waals surface area (Å²) in [4.78, 5) is 30.4. The van der Waals surface area contributed by atoms with E-state index in [1.165, 1.54) is 0 Å². The first-order valence-electron chi connectivity index (χ1n) is 10.4. The Hall–Kier alpha value is -2.48. The number of carbonyl (C=O) groups excluding carboxylic acids is 2. The topological polar surface area (TPSA) is 74.4 Å². The maximum Gasteiger partial charge on any atom is 0.407 e. The smallest absolute Gasteiger partial charge is 0.407 e. The van der Waals surface area contributed by atoms with Gasteiger partial charge in [0.1, 0.15) is 11.9 Å². The number of para-hydroxylation sites is 2. The summed E-state index contributed by atoms with van der Waals surface area (Å²) in [6.45, 7) is 7.68. The van der Waals surface area contributed by atoms with Gasteiger partial charge in [0.2, 0.25) is 5.91 Å². The third-order valence-corrected chi connectivity index (χ3v) is 5.45. The molecule has 2 saturated heterocycles. The number of amides is 2. The SMILES string of the molecule is CCNC(=O)OC(CN1CCN(c2ccccc2OC)CC1)CN1CCCC1=O. The van der Waals surface area contributed by atoms with E-state index in [1.54, 1.807) is 7.11 Å². The van der Waals surface area contributed by atoms with Crippen LogP contribution in [0.2, 0.25) is 0 Å². The van der Waals surface area contributed by atoms with Crippen LogP contribution in [0.3, 0.4) is 0 Å². The van der Waals surface area contributed by atoms with Crippen LogP contribution in [0, 0.1) is 0 Å². The van der Waals surface area contributed by atoms with Gasteiger partial charge in [-0.3, -0.25) is 9.69 Å². The van der Waals surface area contributed by atoms with Crippen LogP contribution in [0.5, 0.6) is 5.75 Å². The molecule has 8 heteroatoms. The molecule has 0 bridgehead atoms. The van der Waals surface area contributed by atoms with Crippen molar-refractivity contribution in [2.75, 3.05) is 64.4 Å². The molecule has 2 amide bonds. The normalized spacial score (nSPS) is 18.6. The highest BCUT2D eigenvalue weighted by atomic mass is 16.6. The highest BCUT2D eigenvalue weighted by molar-refractivity contribution is 5.78. The highest BCUT2D eigenvalue weighted by Gasteiger charge is 2.28. The summed E-state index contributed by atoms with van der Waals surface area (Å²) in [5, 5.41) is 2.69. The molecule has 2 fully saturated rings. The minimum Gasteiger partial charge on any atom is -0.495 e. The minimum atomic E-state index is -0.420. The van der Waals surface area contributed by atoms with Crippen molar-refractivity contribution < 1.29 is 19.1 Å². The van der Waals surface area contributed by atoms with E-state index in [4.69, 9.17) is 9.47 Å². The molecule has 1 N–H and O–H groups in total. The number of hydrogen-bond donors (Lipinski definition) is 1. The van der Waals surface area contributed by atoms with E-state index in [0.29, 0.717) is 26.1 Å². The van der Waals surface area contributed by atoms with Crippen LogP contribution < -0.4 is 15.0 Å². The Kier molecular flexibility index (Phi) is 7.57. The molecule has 0 aromatic heterocycles. The molecule has 0 saturated carbocycles. The summed E-state index contributed by atoms with van der Waals surface area (Å²) in [6, 6.07) is 8.05. The van der Waals surface area contributed by atoms with Gasteiger partial charge in [-0.1, -0.05) is 12.1 Å². The van der Waals surface area contributed by atoms with Crippen LogP contribution in [0.1, 0.15) is 19.8 Å². The predicted octanol–water partition coefficient (Wildman–Crippen LogP) is 1.55. The largest absolute Gasteiger partial charge is 0.495 e. The summed E-state index contributed by atoms with van der Waals surface area (Å²) in [5.74, 6) is 1.03. The molecule has 29 heavy (non-hydrogen) atoms. The van der Waals surface area contributed by atoms with Crippen LogP contribution in [0.4, 0.5) is 10.5 Å². The van der Waals surface area contributed by atoms with E-state index in [2.05, 4.69) is 21.2 Å². The number of benzene rings is 1. The van der Waals surface area contributed by atoms with E-state index in [0.717, 1.165) is 50.6 Å². The molecule has 1 aromatic rings. The van der Waals surface area contributed by atoms with Gasteiger partial charge >= 0.3 is 6.09 Å². The molecular formula is C21H32N4O4. The number of hydrogen-bond acceptors (Lipinski definition) is 6. The van der Waals surface area contributed by atoms with E-state index < -0.39 is 6.09 Å². The molecule has 1 unspecified atom stereocenters. The number of alkyl carbamates (subject to hydrolysis) is 1. The Morgan fingerprint density at radius 2 is 1.90 bits per heavy atom. The molecule has 0 radical (unpaired) electrons. The number of nitrogens with one attached hydrogen (secondary N) is 1. The first-order chi connectivity index (χ1) is 14.1. The van der Waals surface area contributed by atoms with Crippen LogP contribution in [-0.4, -0.2) is 87.4 Å². The van der Waals surface area contributed by atoms with Crippen LogP contribution in [-0.2, 0) is 9.53 Å². The summed E-state index contributed by atoms with van der Waals surface area (Å²) in [7, 11) is 1.69. The number of methoxy groups -OCH3 is 1. The Balaban J connectivity index is 1.56. The van der Waals surface area contributed by atoms with Gasteiger partial charge in [0.25, 0.3) is 0 Å². The van der Waals surface area contributed by atoms with Gasteiger partial charge in [-0.2, -0.15) is 0 Å².